The van der Waals surface area contributed by atoms with Gasteiger partial charge in [0.05, 0.1) is 0 Å². The Morgan fingerprint density at radius 3 is 1.25 bits per heavy atom. The summed E-state index contributed by atoms with van der Waals surface area (Å²) in [5.74, 6) is 0. The van der Waals surface area contributed by atoms with Crippen LogP contribution in [0.25, 0.3) is 0 Å². The van der Waals surface area contributed by atoms with Crippen molar-refractivity contribution in [3.05, 3.63) is 0 Å². The predicted octanol–water partition coefficient (Wildman–Crippen LogP) is -0.126. The van der Waals surface area contributed by atoms with E-state index in [0.29, 0.717) is 0 Å². The van der Waals surface area contributed by atoms with E-state index in [1.807, 2.05) is 15.9 Å². The van der Waals surface area contributed by atoms with Crippen molar-refractivity contribution >= 4 is 0 Å². The van der Waals surface area contributed by atoms with E-state index in [2.05, 4.69) is 0 Å². The van der Waals surface area contributed by atoms with Crippen molar-refractivity contribution in [3.8, 4) is 0 Å². The molecule has 4 heavy (non-hydrogen) atoms. The fourth-order valence-electron chi connectivity index (χ4n) is 0. The Kier molecular flexibility index (Phi) is 103. The van der Waals surface area contributed by atoms with Crippen LogP contribution in [0.1, 0.15) is 0 Å². The van der Waals surface area contributed by atoms with Gasteiger partial charge in [0.15, 0.2) is 0 Å². The van der Waals surface area contributed by atoms with Gasteiger partial charge in [-0.25, -0.2) is 0 Å². The molecule has 0 saturated heterocycles. The Balaban J connectivity index is -0.00000000500. The van der Waals surface area contributed by atoms with Crippen LogP contribution in [-0.2, 0) is 59.4 Å². The van der Waals surface area contributed by atoms with Gasteiger partial charge < -0.3 is 0 Å². The molecule has 0 spiro atoms. The topological polar surface area (TPSA) is 17.1 Å². The molecule has 4 heteroatoms. The summed E-state index contributed by atoms with van der Waals surface area (Å²) in [7, 11) is 0. The summed E-state index contributed by atoms with van der Waals surface area (Å²) in [5.41, 5.74) is 0. The third-order valence-corrected chi connectivity index (χ3v) is 0. The molecule has 1 nitrogen and oxygen atoms in total. The fourth-order valence-corrected chi connectivity index (χ4v) is 0. The summed E-state index contributed by atoms with van der Waals surface area (Å²) in [6.45, 7) is 0. The van der Waals surface area contributed by atoms with Gasteiger partial charge in [0, 0.05) is 39.6 Å². The second kappa shape index (κ2) is 23.4. The van der Waals surface area contributed by atoms with Crippen LogP contribution in [0.5, 0.6) is 0 Å². The Morgan fingerprint density at radius 1 is 1.25 bits per heavy atom. The molecule has 25 valence electrons. The van der Waals surface area contributed by atoms with Crippen molar-refractivity contribution in [3.63, 3.8) is 0 Å². The van der Waals surface area contributed by atoms with E-state index in [1.165, 1.54) is 0 Å². The molecule has 0 aliphatic carbocycles. The third kappa shape index (κ3) is 9.52. The molecule has 0 unspecified atom stereocenters. The monoisotopic (exact) mass is 221 g/mol. The zero-order chi connectivity index (χ0) is 2.00. The van der Waals surface area contributed by atoms with Crippen molar-refractivity contribution in [2.24, 2.45) is 0 Å². The van der Waals surface area contributed by atoms with Gasteiger partial charge in [-0.3, -0.25) is 0 Å². The molecule has 0 aromatic heterocycles. The quantitative estimate of drug-likeness (QED) is 0.518. The standard InChI is InChI=1S/Fe.Mo.O.V. The van der Waals surface area contributed by atoms with Crippen LogP contribution in [0.4, 0.5) is 0 Å². The maximum atomic E-state index is 8.00. The Morgan fingerprint density at radius 2 is 1.25 bits per heavy atom. The molecular weight excluding hydrogens is 219 g/mol. The first-order chi connectivity index (χ1) is 1.00. The number of rotatable bonds is 0. The van der Waals surface area contributed by atoms with Crippen LogP contribution >= 0.6 is 0 Å². The van der Waals surface area contributed by atoms with E-state index >= 15 is 0 Å². The second-order valence-electron chi connectivity index (χ2n) is 0. The molecule has 0 amide bonds. The average molecular weight is 219 g/mol. The zero-order valence-electron chi connectivity index (χ0n) is 1.62. The van der Waals surface area contributed by atoms with Gasteiger partial charge in [0.2, 0.25) is 0 Å². The SMILES string of the molecule is [Mo].[O]=[Fe].[V]. The summed E-state index contributed by atoms with van der Waals surface area (Å²) >= 11 is 2.00. The van der Waals surface area contributed by atoms with Gasteiger partial charge in [0.1, 0.15) is 0 Å². The average Bonchev–Trinajstić information content (AvgIpc) is 1.00. The molecule has 0 aromatic carbocycles. The van der Waals surface area contributed by atoms with Gasteiger partial charge >= 0.3 is 19.8 Å². The Labute approximate surface area is 59.1 Å². The minimum atomic E-state index is 0. The molecule has 0 aliphatic heterocycles. The smallest absolute Gasteiger partial charge is 0 e. The summed E-state index contributed by atoms with van der Waals surface area (Å²) in [6, 6.07) is 0. The molecule has 0 atom stereocenters. The first-order valence-electron chi connectivity index (χ1n) is 0.144. The van der Waals surface area contributed by atoms with E-state index in [1.54, 1.807) is 0 Å². The normalized spacial score (nSPS) is 1.25. The summed E-state index contributed by atoms with van der Waals surface area (Å²) in [6.07, 6.45) is 0. The van der Waals surface area contributed by atoms with Crippen molar-refractivity contribution in [1.29, 1.82) is 0 Å². The molecule has 1 radical (unpaired) electrons. The molecule has 0 bridgehead atoms. The van der Waals surface area contributed by atoms with Crippen LogP contribution < -0.4 is 0 Å². The largest absolute Gasteiger partial charge is 0 e. The fraction of sp³-hybridized carbons (Fsp3) is 0. The van der Waals surface area contributed by atoms with Crippen LogP contribution in [-0.4, -0.2) is 0 Å². The van der Waals surface area contributed by atoms with E-state index in [9.17, 15) is 0 Å². The molecule has 0 aliphatic rings. The first-order valence-corrected chi connectivity index (χ1v) is 0.595. The second-order valence-corrected chi connectivity index (χ2v) is 0. The Hall–Kier alpha value is 1.59. The van der Waals surface area contributed by atoms with Crippen molar-refractivity contribution in [2.75, 3.05) is 0 Å². The minimum absolute atomic E-state index is 0. The summed E-state index contributed by atoms with van der Waals surface area (Å²) < 4.78 is 8.00. The van der Waals surface area contributed by atoms with E-state index in [-0.39, 0.29) is 39.6 Å². The van der Waals surface area contributed by atoms with Crippen LogP contribution in [0, 0.1) is 0 Å². The summed E-state index contributed by atoms with van der Waals surface area (Å²) in [5, 5.41) is 0. The number of hydrogen-bond acceptors (Lipinski definition) is 1. The number of hydrogen-bond donors (Lipinski definition) is 0. The van der Waals surface area contributed by atoms with E-state index < -0.39 is 0 Å². The molecule has 0 aromatic rings. The van der Waals surface area contributed by atoms with Crippen molar-refractivity contribution in [1.82, 2.24) is 0 Å². The minimum Gasteiger partial charge on any atom is 0 e. The van der Waals surface area contributed by atoms with E-state index in [4.69, 9.17) is 3.83 Å². The van der Waals surface area contributed by atoms with Crippen LogP contribution in [0.3, 0.4) is 0 Å². The summed E-state index contributed by atoms with van der Waals surface area (Å²) in [4.78, 5) is 0. The molecule has 0 rings (SSSR count). The maximum Gasteiger partial charge on any atom is 0 e. The molecule has 0 fully saturated rings. The molecule has 0 N–H and O–H groups in total. The van der Waals surface area contributed by atoms with Crippen LogP contribution in [0.2, 0.25) is 0 Å². The van der Waals surface area contributed by atoms with Gasteiger partial charge in [-0.1, -0.05) is 0 Å². The molecular formula is FeMoOV. The van der Waals surface area contributed by atoms with Gasteiger partial charge in [-0.2, -0.15) is 0 Å². The van der Waals surface area contributed by atoms with Crippen LogP contribution in [0.15, 0.2) is 0 Å². The van der Waals surface area contributed by atoms with Gasteiger partial charge in [-0.05, 0) is 0 Å². The zero-order valence-corrected chi connectivity index (χ0v) is 6.13. The van der Waals surface area contributed by atoms with E-state index in [0.717, 1.165) is 0 Å². The molecule has 0 heterocycles. The molecule has 0 saturated carbocycles. The first kappa shape index (κ1) is 17.6. The van der Waals surface area contributed by atoms with Gasteiger partial charge in [0.25, 0.3) is 0 Å². The maximum absolute atomic E-state index is 8.00. The Bertz CT molecular complexity index is 8.00. The third-order valence-electron chi connectivity index (χ3n) is 0. The van der Waals surface area contributed by atoms with Crippen molar-refractivity contribution < 1.29 is 59.4 Å². The van der Waals surface area contributed by atoms with Crippen molar-refractivity contribution in [2.45, 2.75) is 0 Å². The van der Waals surface area contributed by atoms with Gasteiger partial charge in [-0.15, -0.1) is 0 Å². The predicted molar refractivity (Wildman–Crippen MR) is 0.686 cm³/mol.